The van der Waals surface area contributed by atoms with Crippen molar-refractivity contribution in [1.82, 2.24) is 10.3 Å². The molecule has 1 aromatic heterocycles. The Morgan fingerprint density at radius 2 is 2.04 bits per heavy atom. The van der Waals surface area contributed by atoms with Crippen molar-refractivity contribution in [3.05, 3.63) is 23.0 Å². The van der Waals surface area contributed by atoms with Crippen molar-refractivity contribution >= 4 is 23.2 Å². The molecule has 0 saturated carbocycles. The summed E-state index contributed by atoms with van der Waals surface area (Å²) in [7, 11) is 0. The number of aromatic nitrogens is 1. The Morgan fingerprint density at radius 3 is 2.58 bits per heavy atom. The lowest BCUT2D eigenvalue weighted by Gasteiger charge is -2.22. The Morgan fingerprint density at radius 1 is 1.42 bits per heavy atom. The number of pyridine rings is 1. The highest BCUT2D eigenvalue weighted by atomic mass is 35.5. The first-order valence-corrected chi connectivity index (χ1v) is 7.39. The van der Waals surface area contributed by atoms with Gasteiger partial charge in [0.25, 0.3) is 5.91 Å². The zero-order valence-electron chi connectivity index (χ0n) is 13.0. The lowest BCUT2D eigenvalue weighted by Crippen LogP contribution is -2.42. The van der Waals surface area contributed by atoms with E-state index in [-0.39, 0.29) is 16.4 Å². The Hall–Kier alpha value is -1.61. The molecule has 136 valence electrons. The first-order valence-electron chi connectivity index (χ1n) is 7.01. The van der Waals surface area contributed by atoms with Crippen LogP contribution in [0.15, 0.2) is 12.3 Å². The zero-order valence-corrected chi connectivity index (χ0v) is 13.8. The third-order valence-electron chi connectivity index (χ3n) is 3.05. The molecule has 1 aromatic rings. The van der Waals surface area contributed by atoms with E-state index in [0.29, 0.717) is 0 Å². The normalized spacial score (nSPS) is 13.5. The van der Waals surface area contributed by atoms with E-state index in [9.17, 15) is 27.5 Å². The Bertz CT molecular complexity index is 576. The summed E-state index contributed by atoms with van der Waals surface area (Å²) in [5, 5.41) is 14.2. The standard InChI is InChI=1S/C14H18ClF4N3O2/c1-13(2,24)10(16)7-22-12(23)8-6-21-11(15)5-9(8)20-4-3-14(17,18)19/h5-6,10,24H,3-4,7H2,1-2H3,(H,20,21)(H,22,23)/t10-/m1/s1. The van der Waals surface area contributed by atoms with Crippen molar-refractivity contribution in [2.24, 2.45) is 0 Å². The van der Waals surface area contributed by atoms with Gasteiger partial charge in [0, 0.05) is 12.7 Å². The lowest BCUT2D eigenvalue weighted by molar-refractivity contribution is -0.131. The topological polar surface area (TPSA) is 74.2 Å². The maximum atomic E-state index is 13.6. The van der Waals surface area contributed by atoms with Gasteiger partial charge in [-0.2, -0.15) is 13.2 Å². The van der Waals surface area contributed by atoms with Crippen LogP contribution >= 0.6 is 11.6 Å². The molecule has 0 unspecified atom stereocenters. The molecule has 0 saturated heterocycles. The second-order valence-corrected chi connectivity index (χ2v) is 6.06. The van der Waals surface area contributed by atoms with Gasteiger partial charge in [-0.15, -0.1) is 0 Å². The molecule has 0 spiro atoms. The number of rotatable bonds is 7. The van der Waals surface area contributed by atoms with E-state index < -0.39 is 43.4 Å². The van der Waals surface area contributed by atoms with Crippen LogP contribution in [-0.2, 0) is 0 Å². The van der Waals surface area contributed by atoms with Crippen molar-refractivity contribution in [1.29, 1.82) is 0 Å². The molecule has 10 heteroatoms. The van der Waals surface area contributed by atoms with E-state index in [1.165, 1.54) is 19.9 Å². The fraction of sp³-hybridized carbons (Fsp3) is 0.571. The molecule has 0 aromatic carbocycles. The van der Waals surface area contributed by atoms with E-state index in [1.807, 2.05) is 0 Å². The van der Waals surface area contributed by atoms with Crippen molar-refractivity contribution in [3.8, 4) is 0 Å². The molecule has 24 heavy (non-hydrogen) atoms. The molecule has 0 bridgehead atoms. The molecule has 5 nitrogen and oxygen atoms in total. The fourth-order valence-electron chi connectivity index (χ4n) is 1.62. The molecule has 0 aliphatic heterocycles. The number of nitrogens with zero attached hydrogens (tertiary/aromatic N) is 1. The summed E-state index contributed by atoms with van der Waals surface area (Å²) in [6.07, 6.45) is -6.09. The Kier molecular flexibility index (Phi) is 6.79. The quantitative estimate of drug-likeness (QED) is 0.509. The summed E-state index contributed by atoms with van der Waals surface area (Å²) in [5.41, 5.74) is -1.67. The van der Waals surface area contributed by atoms with Crippen LogP contribution in [0.3, 0.4) is 0 Å². The number of halogens is 5. The largest absolute Gasteiger partial charge is 0.390 e. The van der Waals surface area contributed by atoms with Gasteiger partial charge in [0.15, 0.2) is 0 Å². The number of anilines is 1. The van der Waals surface area contributed by atoms with Gasteiger partial charge in [-0.3, -0.25) is 4.79 Å². The van der Waals surface area contributed by atoms with E-state index in [0.717, 1.165) is 6.20 Å². The van der Waals surface area contributed by atoms with E-state index in [2.05, 4.69) is 15.6 Å². The highest BCUT2D eigenvalue weighted by molar-refractivity contribution is 6.29. The van der Waals surface area contributed by atoms with Crippen molar-refractivity contribution < 1.29 is 27.5 Å². The van der Waals surface area contributed by atoms with Crippen LogP contribution in [0.25, 0.3) is 0 Å². The number of aliphatic hydroxyl groups is 1. The maximum Gasteiger partial charge on any atom is 0.390 e. The van der Waals surface area contributed by atoms with Gasteiger partial charge in [0.2, 0.25) is 0 Å². The Labute approximate surface area is 141 Å². The predicted octanol–water partition coefficient (Wildman–Crippen LogP) is 2.94. The number of alkyl halides is 4. The summed E-state index contributed by atoms with van der Waals surface area (Å²) < 4.78 is 50.2. The molecule has 3 N–H and O–H groups in total. The van der Waals surface area contributed by atoms with Gasteiger partial charge < -0.3 is 15.7 Å². The minimum absolute atomic E-state index is 0.0130. The van der Waals surface area contributed by atoms with Crippen molar-refractivity contribution in [3.63, 3.8) is 0 Å². The summed E-state index contributed by atoms with van der Waals surface area (Å²) in [6.45, 7) is 1.57. The monoisotopic (exact) mass is 371 g/mol. The van der Waals surface area contributed by atoms with Crippen LogP contribution in [0.1, 0.15) is 30.6 Å². The van der Waals surface area contributed by atoms with Gasteiger partial charge in [0.1, 0.15) is 11.3 Å². The average molecular weight is 372 g/mol. The van der Waals surface area contributed by atoms with E-state index in [4.69, 9.17) is 11.6 Å². The second kappa shape index (κ2) is 7.98. The minimum atomic E-state index is -4.35. The molecule has 1 amide bonds. The highest BCUT2D eigenvalue weighted by Gasteiger charge is 2.28. The lowest BCUT2D eigenvalue weighted by atomic mass is 10.0. The highest BCUT2D eigenvalue weighted by Crippen LogP contribution is 2.22. The third-order valence-corrected chi connectivity index (χ3v) is 3.25. The molecular formula is C14H18ClF4N3O2. The van der Waals surface area contributed by atoms with Crippen LogP contribution < -0.4 is 10.6 Å². The summed E-state index contributed by atoms with van der Waals surface area (Å²) in [4.78, 5) is 15.8. The van der Waals surface area contributed by atoms with Crippen LogP contribution in [-0.4, -0.2) is 47.0 Å². The van der Waals surface area contributed by atoms with Gasteiger partial charge in [0.05, 0.1) is 29.8 Å². The number of hydrogen-bond acceptors (Lipinski definition) is 4. The average Bonchev–Trinajstić information content (AvgIpc) is 2.42. The van der Waals surface area contributed by atoms with Crippen molar-refractivity contribution in [2.45, 2.75) is 38.2 Å². The molecule has 0 radical (unpaired) electrons. The molecule has 0 aliphatic carbocycles. The number of carbonyl (C=O) groups excluding carboxylic acids is 1. The molecule has 1 heterocycles. The number of nitrogens with one attached hydrogen (secondary N) is 2. The van der Waals surface area contributed by atoms with E-state index in [1.54, 1.807) is 0 Å². The molecule has 0 aliphatic rings. The molecule has 0 fully saturated rings. The second-order valence-electron chi connectivity index (χ2n) is 5.68. The summed E-state index contributed by atoms with van der Waals surface area (Å²) >= 11 is 5.68. The van der Waals surface area contributed by atoms with Crippen LogP contribution in [0, 0.1) is 0 Å². The number of amides is 1. The number of hydrogen-bond donors (Lipinski definition) is 3. The molecule has 1 rings (SSSR count). The SMILES string of the molecule is CC(C)(O)[C@H](F)CNC(=O)c1cnc(Cl)cc1NCCC(F)(F)F. The maximum absolute atomic E-state index is 13.6. The zero-order chi connectivity index (χ0) is 18.5. The van der Waals surface area contributed by atoms with Crippen LogP contribution in [0.5, 0.6) is 0 Å². The molecular weight excluding hydrogens is 354 g/mol. The van der Waals surface area contributed by atoms with Crippen LogP contribution in [0.2, 0.25) is 5.15 Å². The molecule has 1 atom stereocenters. The van der Waals surface area contributed by atoms with Gasteiger partial charge in [-0.05, 0) is 19.9 Å². The summed E-state index contributed by atoms with van der Waals surface area (Å²) in [6, 6.07) is 1.20. The first-order chi connectivity index (χ1) is 10.9. The fourth-order valence-corrected chi connectivity index (χ4v) is 1.78. The Balaban J connectivity index is 2.77. The van der Waals surface area contributed by atoms with Crippen molar-refractivity contribution in [2.75, 3.05) is 18.4 Å². The van der Waals surface area contributed by atoms with Gasteiger partial charge >= 0.3 is 6.18 Å². The predicted molar refractivity (Wildman–Crippen MR) is 81.9 cm³/mol. The first kappa shape index (κ1) is 20.4. The van der Waals surface area contributed by atoms with Gasteiger partial charge in [-0.25, -0.2) is 9.37 Å². The number of carbonyl (C=O) groups is 1. The minimum Gasteiger partial charge on any atom is -0.387 e. The van der Waals surface area contributed by atoms with Gasteiger partial charge in [-0.1, -0.05) is 11.6 Å². The summed E-state index contributed by atoms with van der Waals surface area (Å²) in [5.74, 6) is -0.749. The smallest absolute Gasteiger partial charge is 0.387 e. The third kappa shape index (κ3) is 6.88. The van der Waals surface area contributed by atoms with Crippen LogP contribution in [0.4, 0.5) is 23.2 Å². The van der Waals surface area contributed by atoms with E-state index >= 15 is 0 Å².